The highest BCUT2D eigenvalue weighted by atomic mass is 31.2. The number of ether oxygens (including phenoxy) is 4. The molecule has 3 N–H and O–H groups in total. The normalized spacial score (nSPS) is 14.2. The van der Waals surface area contributed by atoms with Crippen molar-refractivity contribution in [2.24, 2.45) is 11.8 Å². The highest BCUT2D eigenvalue weighted by molar-refractivity contribution is 7.47. The summed E-state index contributed by atoms with van der Waals surface area (Å²) in [6, 6.07) is 0. The van der Waals surface area contributed by atoms with E-state index in [1.807, 2.05) is 0 Å². The van der Waals surface area contributed by atoms with Crippen LogP contribution in [0.15, 0.2) is 24.3 Å². The SMILES string of the molecule is CCCCCC/C=C\C=C/CCCCCCCC(=O)O[C@H](COC(=O)CCCCCCCCCCCCCCCCC)COP(=O)(O)OC[C@@H](O)COP(=O)(O)OC[C@@H](COC(=O)CCCCCCCCCCC(C)C)OC(=O)CCCCCCCCCCCCC(C)C. The van der Waals surface area contributed by atoms with Crippen LogP contribution in [0.1, 0.15) is 363 Å². The largest absolute Gasteiger partial charge is 0.472 e. The molecule has 0 saturated carbocycles. The van der Waals surface area contributed by atoms with Gasteiger partial charge in [-0.05, 0) is 63.2 Å². The van der Waals surface area contributed by atoms with Crippen LogP contribution in [0.25, 0.3) is 0 Å². The third kappa shape index (κ3) is 68.1. The van der Waals surface area contributed by atoms with E-state index in [0.29, 0.717) is 25.7 Å². The molecule has 0 rings (SSSR count). The fraction of sp³-hybridized carbons (Fsp3) is 0.893. The third-order valence-electron chi connectivity index (χ3n) is 16.8. The molecule has 5 atom stereocenters. The summed E-state index contributed by atoms with van der Waals surface area (Å²) in [7, 11) is -9.92. The Morgan fingerprint density at radius 2 is 0.574 bits per heavy atom. The molecule has 94 heavy (non-hydrogen) atoms. The molecule has 0 saturated heterocycles. The fourth-order valence-electron chi connectivity index (χ4n) is 10.9. The van der Waals surface area contributed by atoms with E-state index in [2.05, 4.69) is 65.8 Å². The lowest BCUT2D eigenvalue weighted by atomic mass is 10.0. The zero-order chi connectivity index (χ0) is 69.3. The van der Waals surface area contributed by atoms with E-state index in [1.165, 1.54) is 167 Å². The van der Waals surface area contributed by atoms with Gasteiger partial charge in [-0.15, -0.1) is 0 Å². The maximum Gasteiger partial charge on any atom is 0.472 e. The van der Waals surface area contributed by atoms with E-state index < -0.39 is 97.5 Å². The molecule has 0 aromatic carbocycles. The average molecular weight is 1380 g/mol. The second-order valence-corrected chi connectivity index (χ2v) is 30.2. The monoisotopic (exact) mass is 1380 g/mol. The van der Waals surface area contributed by atoms with Crippen LogP contribution in [0.2, 0.25) is 0 Å². The highest BCUT2D eigenvalue weighted by Gasteiger charge is 2.30. The minimum atomic E-state index is -4.96. The number of allylic oxidation sites excluding steroid dienone is 4. The van der Waals surface area contributed by atoms with Crippen molar-refractivity contribution in [1.82, 2.24) is 0 Å². The molecule has 0 aliphatic rings. The summed E-state index contributed by atoms with van der Waals surface area (Å²) < 4.78 is 68.4. The average Bonchev–Trinajstić information content (AvgIpc) is 3.19. The van der Waals surface area contributed by atoms with Gasteiger partial charge in [0.1, 0.15) is 19.3 Å². The molecule has 19 heteroatoms. The Kier molecular flexibility index (Phi) is 64.7. The van der Waals surface area contributed by atoms with Crippen molar-refractivity contribution in [3.8, 4) is 0 Å². The van der Waals surface area contributed by atoms with Crippen LogP contribution in [-0.2, 0) is 65.4 Å². The van der Waals surface area contributed by atoms with Crippen molar-refractivity contribution >= 4 is 39.5 Å². The minimum Gasteiger partial charge on any atom is -0.462 e. The van der Waals surface area contributed by atoms with Gasteiger partial charge >= 0.3 is 39.5 Å². The van der Waals surface area contributed by atoms with Gasteiger partial charge in [-0.2, -0.15) is 0 Å². The lowest BCUT2D eigenvalue weighted by Gasteiger charge is -2.21. The summed E-state index contributed by atoms with van der Waals surface area (Å²) in [6.45, 7) is 9.48. The van der Waals surface area contributed by atoms with Gasteiger partial charge in [-0.3, -0.25) is 37.3 Å². The molecule has 0 aliphatic heterocycles. The van der Waals surface area contributed by atoms with Gasteiger partial charge in [0, 0.05) is 25.7 Å². The molecule has 0 aromatic rings. The van der Waals surface area contributed by atoms with Crippen LogP contribution in [0.4, 0.5) is 0 Å². The van der Waals surface area contributed by atoms with Crippen molar-refractivity contribution < 1.29 is 80.2 Å². The minimum absolute atomic E-state index is 0.0853. The van der Waals surface area contributed by atoms with Crippen LogP contribution in [-0.4, -0.2) is 96.7 Å². The van der Waals surface area contributed by atoms with Gasteiger partial charge < -0.3 is 33.8 Å². The van der Waals surface area contributed by atoms with Crippen molar-refractivity contribution in [3.63, 3.8) is 0 Å². The summed E-state index contributed by atoms with van der Waals surface area (Å²) in [5.74, 6) is -0.673. The molecule has 17 nitrogen and oxygen atoms in total. The Balaban J connectivity index is 5.30. The Hall–Kier alpha value is -2.46. The van der Waals surface area contributed by atoms with Crippen LogP contribution in [0.5, 0.6) is 0 Å². The standard InChI is InChI=1S/C75H142O17P2/c1-7-9-11-13-15-17-19-21-23-25-27-32-39-45-51-57-72(77)85-63-70(91-74(79)59-53-47-41-33-28-26-24-22-20-18-16-14-12-10-8-2)65-89-93(81,82)87-61-69(76)62-88-94(83,84)90-66-71(64-86-73(78)58-52-46-40-36-35-38-44-50-56-68(5)6)92-75(80)60-54-48-42-34-30-29-31-37-43-49-55-67(3)4/h18,20,22,24,67-71,76H,7-17,19,21,23,25-66H2,1-6H3,(H,81,82)(H,83,84)/b20-18-,24-22-/t69-,70-,71-/m1/s1. The molecule has 0 bridgehead atoms. The molecule has 2 unspecified atom stereocenters. The second kappa shape index (κ2) is 66.4. The van der Waals surface area contributed by atoms with Crippen molar-refractivity contribution in [2.45, 2.75) is 381 Å². The molecular formula is C75H142O17P2. The Bertz CT molecular complexity index is 1910. The number of aliphatic hydroxyl groups is 1. The zero-order valence-electron chi connectivity index (χ0n) is 60.7. The number of phosphoric ester groups is 2. The third-order valence-corrected chi connectivity index (χ3v) is 18.7. The maximum atomic E-state index is 13.1. The number of aliphatic hydroxyl groups excluding tert-OH is 1. The molecule has 0 heterocycles. The quantitative estimate of drug-likeness (QED) is 0.0169. The summed E-state index contributed by atoms with van der Waals surface area (Å²) in [5.41, 5.74) is 0. The van der Waals surface area contributed by atoms with Gasteiger partial charge in [0.2, 0.25) is 0 Å². The lowest BCUT2D eigenvalue weighted by Crippen LogP contribution is -2.30. The van der Waals surface area contributed by atoms with E-state index in [9.17, 15) is 43.2 Å². The molecule has 0 fully saturated rings. The zero-order valence-corrected chi connectivity index (χ0v) is 62.5. The van der Waals surface area contributed by atoms with Crippen molar-refractivity contribution in [2.75, 3.05) is 39.6 Å². The number of carbonyl (C=O) groups excluding carboxylic acids is 4. The summed E-state index contributed by atoms with van der Waals surface area (Å²) in [4.78, 5) is 72.8. The van der Waals surface area contributed by atoms with E-state index in [1.54, 1.807) is 0 Å². The fourth-order valence-corrected chi connectivity index (χ4v) is 12.5. The summed E-state index contributed by atoms with van der Waals surface area (Å²) in [6.07, 6.45) is 56.3. The number of esters is 4. The first kappa shape index (κ1) is 91.5. The van der Waals surface area contributed by atoms with E-state index in [-0.39, 0.29) is 25.7 Å². The second-order valence-electron chi connectivity index (χ2n) is 27.3. The molecule has 0 radical (unpaired) electrons. The topological polar surface area (TPSA) is 237 Å². The first-order valence-electron chi connectivity index (χ1n) is 38.3. The summed E-state index contributed by atoms with van der Waals surface area (Å²) in [5, 5.41) is 10.6. The van der Waals surface area contributed by atoms with Crippen molar-refractivity contribution in [3.05, 3.63) is 24.3 Å². The first-order chi connectivity index (χ1) is 45.4. The highest BCUT2D eigenvalue weighted by Crippen LogP contribution is 2.45. The molecule has 0 aliphatic carbocycles. The number of carbonyl (C=O) groups is 4. The van der Waals surface area contributed by atoms with Crippen LogP contribution >= 0.6 is 15.6 Å². The smallest absolute Gasteiger partial charge is 0.462 e. The van der Waals surface area contributed by atoms with E-state index in [4.69, 9.17) is 37.0 Å². The summed E-state index contributed by atoms with van der Waals surface area (Å²) >= 11 is 0. The molecule has 0 aromatic heterocycles. The number of rotatable bonds is 72. The molecule has 554 valence electrons. The maximum absolute atomic E-state index is 13.1. The Labute approximate surface area is 573 Å². The van der Waals surface area contributed by atoms with Gasteiger partial charge in [0.25, 0.3) is 0 Å². The molecular weight excluding hydrogens is 1230 g/mol. The number of unbranched alkanes of at least 4 members (excludes halogenated alkanes) is 39. The van der Waals surface area contributed by atoms with Gasteiger partial charge in [-0.25, -0.2) is 9.13 Å². The van der Waals surface area contributed by atoms with Crippen LogP contribution < -0.4 is 0 Å². The number of hydrogen-bond acceptors (Lipinski definition) is 15. The molecule has 0 amide bonds. The van der Waals surface area contributed by atoms with Crippen LogP contribution in [0.3, 0.4) is 0 Å². The van der Waals surface area contributed by atoms with Gasteiger partial charge in [0.05, 0.1) is 26.4 Å². The predicted molar refractivity (Wildman–Crippen MR) is 381 cm³/mol. The van der Waals surface area contributed by atoms with Gasteiger partial charge in [0.15, 0.2) is 12.2 Å². The van der Waals surface area contributed by atoms with Crippen LogP contribution in [0, 0.1) is 11.8 Å². The lowest BCUT2D eigenvalue weighted by molar-refractivity contribution is -0.161. The Morgan fingerprint density at radius 1 is 0.330 bits per heavy atom. The molecule has 0 spiro atoms. The Morgan fingerprint density at radius 3 is 0.872 bits per heavy atom. The number of phosphoric acid groups is 2. The van der Waals surface area contributed by atoms with Gasteiger partial charge in [-0.1, -0.05) is 310 Å². The first-order valence-corrected chi connectivity index (χ1v) is 41.3. The predicted octanol–water partition coefficient (Wildman–Crippen LogP) is 21.5. The number of hydrogen-bond donors (Lipinski definition) is 3. The van der Waals surface area contributed by atoms with E-state index in [0.717, 1.165) is 115 Å². The van der Waals surface area contributed by atoms with E-state index >= 15 is 0 Å². The van der Waals surface area contributed by atoms with Crippen molar-refractivity contribution in [1.29, 1.82) is 0 Å².